The van der Waals surface area contributed by atoms with Gasteiger partial charge in [0.15, 0.2) is 0 Å². The molecule has 2 saturated carbocycles. The van der Waals surface area contributed by atoms with Crippen LogP contribution in [0.4, 0.5) is 4.79 Å². The summed E-state index contributed by atoms with van der Waals surface area (Å²) in [7, 11) is 0. The summed E-state index contributed by atoms with van der Waals surface area (Å²) in [5, 5.41) is 11.3. The van der Waals surface area contributed by atoms with Crippen LogP contribution < -0.4 is 21.3 Å². The van der Waals surface area contributed by atoms with Crippen molar-refractivity contribution in [1.82, 2.24) is 31.1 Å². The molecule has 0 spiro atoms. The van der Waals surface area contributed by atoms with Crippen molar-refractivity contribution in [3.63, 3.8) is 0 Å². The van der Waals surface area contributed by atoms with Gasteiger partial charge in [-0.25, -0.2) is 4.79 Å². The van der Waals surface area contributed by atoms with E-state index in [1.807, 2.05) is 20.8 Å². The molecular formula is C39H60N6O7. The summed E-state index contributed by atoms with van der Waals surface area (Å²) in [6.45, 7) is 14.1. The van der Waals surface area contributed by atoms with E-state index in [0.29, 0.717) is 51.5 Å². The van der Waals surface area contributed by atoms with Gasteiger partial charge in [0.1, 0.15) is 12.1 Å². The summed E-state index contributed by atoms with van der Waals surface area (Å²) in [4.78, 5) is 97.5. The third kappa shape index (κ3) is 8.54. The first-order chi connectivity index (χ1) is 24.6. The lowest BCUT2D eigenvalue weighted by atomic mass is 9.85. The van der Waals surface area contributed by atoms with Crippen LogP contribution in [0.25, 0.3) is 0 Å². The van der Waals surface area contributed by atoms with Gasteiger partial charge in [0, 0.05) is 31.5 Å². The summed E-state index contributed by atoms with van der Waals surface area (Å²) in [5.74, 6) is -3.04. The standard InChI is InChI=1S/C39H60N6O7/c1-7-19-40-33(48)31(46)26-15-13-11-9-8-10-12-14-16-27(36(51)44-21-25-29(39(25,5)6)30(44)32(47)41-26)42-37(52)43-28(38(2,3)4)22-45-34(49)23-17-18-24(20-23)35(45)50/h7,23-30H,1,8-22H2,2-6H3,(H,40,48)(H,41,47)(H2,42,43,52)/t23?,24?,25-,26+,27+,28+,29-,30-/m0/s1. The number of fused-ring (bicyclic) bond motifs is 5. The number of imide groups is 1. The predicted octanol–water partition coefficient (Wildman–Crippen LogP) is 3.22. The first-order valence-corrected chi connectivity index (χ1v) is 19.5. The molecule has 3 aliphatic heterocycles. The molecule has 13 nitrogen and oxygen atoms in total. The molecule has 5 rings (SSSR count). The average Bonchev–Trinajstić information content (AvgIpc) is 3.46. The molecule has 8 atom stereocenters. The van der Waals surface area contributed by atoms with Gasteiger partial charge in [-0.3, -0.25) is 33.7 Å². The van der Waals surface area contributed by atoms with Crippen molar-refractivity contribution >= 4 is 41.4 Å². The van der Waals surface area contributed by atoms with Gasteiger partial charge in [-0.1, -0.05) is 85.6 Å². The molecule has 0 aromatic carbocycles. The smallest absolute Gasteiger partial charge is 0.315 e. The molecule has 2 unspecified atom stereocenters. The van der Waals surface area contributed by atoms with Crippen LogP contribution >= 0.6 is 0 Å². The molecule has 7 amide bonds. The highest BCUT2D eigenvalue weighted by Crippen LogP contribution is 2.65. The Morgan fingerprint density at radius 1 is 0.904 bits per heavy atom. The second kappa shape index (κ2) is 16.1. The Kier molecular flexibility index (Phi) is 12.2. The highest BCUT2D eigenvalue weighted by Gasteiger charge is 2.69. The zero-order chi connectivity index (χ0) is 38.0. The summed E-state index contributed by atoms with van der Waals surface area (Å²) in [5.41, 5.74) is -0.704. The summed E-state index contributed by atoms with van der Waals surface area (Å²) in [6, 6.07) is -3.94. The number of nitrogens with zero attached hydrogens (tertiary/aromatic N) is 2. The number of hydrogen-bond donors (Lipinski definition) is 4. The maximum Gasteiger partial charge on any atom is 0.315 e. The van der Waals surface area contributed by atoms with E-state index in [0.717, 1.165) is 32.1 Å². The van der Waals surface area contributed by atoms with Crippen LogP contribution in [0.2, 0.25) is 0 Å². The van der Waals surface area contributed by atoms with Crippen molar-refractivity contribution in [3.05, 3.63) is 12.7 Å². The molecule has 288 valence electrons. The first kappa shape index (κ1) is 39.4. The average molecular weight is 725 g/mol. The highest BCUT2D eigenvalue weighted by atomic mass is 16.2. The third-order valence-corrected chi connectivity index (χ3v) is 12.5. The number of nitrogens with one attached hydrogen (secondary N) is 4. The van der Waals surface area contributed by atoms with Crippen LogP contribution in [-0.4, -0.2) is 95.0 Å². The van der Waals surface area contributed by atoms with E-state index in [2.05, 4.69) is 41.7 Å². The molecule has 52 heavy (non-hydrogen) atoms. The van der Waals surface area contributed by atoms with E-state index in [4.69, 9.17) is 0 Å². The van der Waals surface area contributed by atoms with Gasteiger partial charge in [0.25, 0.3) is 5.91 Å². The number of Topliss-reactive ketones (excluding diaryl/α,β-unsaturated/α-hetero) is 1. The Morgan fingerprint density at radius 3 is 2.10 bits per heavy atom. The van der Waals surface area contributed by atoms with E-state index in [-0.39, 0.29) is 59.9 Å². The Labute approximate surface area is 308 Å². The Hall–Kier alpha value is -3.77. The van der Waals surface area contributed by atoms with Crippen molar-refractivity contribution in [1.29, 1.82) is 0 Å². The van der Waals surface area contributed by atoms with Crippen LogP contribution in [-0.2, 0) is 28.8 Å². The molecule has 0 aromatic rings. The van der Waals surface area contributed by atoms with Crippen molar-refractivity contribution in [2.45, 2.75) is 136 Å². The summed E-state index contributed by atoms with van der Waals surface area (Å²) in [6.07, 6.45) is 10.2. The van der Waals surface area contributed by atoms with E-state index in [1.165, 1.54) is 11.0 Å². The number of rotatable bonds is 8. The Morgan fingerprint density at radius 2 is 1.50 bits per heavy atom. The molecule has 2 aliphatic carbocycles. The van der Waals surface area contributed by atoms with Gasteiger partial charge in [0.05, 0.1) is 12.1 Å². The zero-order valence-electron chi connectivity index (χ0n) is 31.8. The fourth-order valence-electron chi connectivity index (χ4n) is 9.02. The molecule has 3 saturated heterocycles. The normalized spacial score (nSPS) is 31.5. The second-order valence-corrected chi connectivity index (χ2v) is 17.4. The zero-order valence-corrected chi connectivity index (χ0v) is 31.8. The number of hydrogen-bond acceptors (Lipinski definition) is 7. The maximum absolute atomic E-state index is 14.4. The van der Waals surface area contributed by atoms with Crippen LogP contribution in [0, 0.1) is 34.5 Å². The summed E-state index contributed by atoms with van der Waals surface area (Å²) < 4.78 is 0. The van der Waals surface area contributed by atoms with Crippen molar-refractivity contribution in [2.24, 2.45) is 34.5 Å². The van der Waals surface area contributed by atoms with Crippen LogP contribution in [0.3, 0.4) is 0 Å². The van der Waals surface area contributed by atoms with Gasteiger partial charge < -0.3 is 26.2 Å². The minimum absolute atomic E-state index is 0.0541. The molecule has 0 aromatic heterocycles. The van der Waals surface area contributed by atoms with Crippen molar-refractivity contribution in [2.75, 3.05) is 19.6 Å². The van der Waals surface area contributed by atoms with E-state index >= 15 is 0 Å². The monoisotopic (exact) mass is 724 g/mol. The minimum Gasteiger partial charge on any atom is -0.346 e. The predicted molar refractivity (Wildman–Crippen MR) is 194 cm³/mol. The van der Waals surface area contributed by atoms with Gasteiger partial charge in [-0.05, 0) is 54.8 Å². The van der Waals surface area contributed by atoms with Gasteiger partial charge in [-0.15, -0.1) is 6.58 Å². The number of carbonyl (C=O) groups excluding carboxylic acids is 7. The molecule has 3 heterocycles. The first-order valence-electron chi connectivity index (χ1n) is 19.5. The van der Waals surface area contributed by atoms with Gasteiger partial charge in [0.2, 0.25) is 29.4 Å². The lowest BCUT2D eigenvalue weighted by molar-refractivity contribution is -0.153. The third-order valence-electron chi connectivity index (χ3n) is 12.5. The molecule has 4 N–H and O–H groups in total. The Bertz CT molecular complexity index is 1420. The SMILES string of the molecule is C=CCNC(=O)C(=O)[C@H]1CCCCCCCCC[C@@H](NC(=O)N[C@H](CN2C(=O)C3CCC(C3)C2=O)C(C)(C)C)C(=O)N2C[C@H]3[C@@H]([C@H]2C(=O)N1)C3(C)C. The van der Waals surface area contributed by atoms with E-state index in [9.17, 15) is 33.6 Å². The second-order valence-electron chi connectivity index (χ2n) is 17.4. The van der Waals surface area contributed by atoms with E-state index in [1.54, 1.807) is 4.90 Å². The number of piperidine rings is 2. The number of urea groups is 1. The van der Waals surface area contributed by atoms with Crippen molar-refractivity contribution < 1.29 is 33.6 Å². The van der Waals surface area contributed by atoms with Crippen LogP contribution in [0.5, 0.6) is 0 Å². The Balaban J connectivity index is 1.34. The number of likely N-dealkylation sites (tertiary alicyclic amines) is 1. The molecule has 5 aliphatic rings. The molecule has 2 bridgehead atoms. The fraction of sp³-hybridized carbons (Fsp3) is 0.769. The van der Waals surface area contributed by atoms with Crippen LogP contribution in [0.15, 0.2) is 12.7 Å². The number of carbonyl (C=O) groups is 7. The maximum atomic E-state index is 14.4. The molecule has 13 heteroatoms. The molecular weight excluding hydrogens is 664 g/mol. The lowest BCUT2D eigenvalue weighted by Crippen LogP contribution is -2.61. The van der Waals surface area contributed by atoms with Crippen LogP contribution in [0.1, 0.15) is 112 Å². The topological polar surface area (TPSA) is 174 Å². The molecule has 5 fully saturated rings. The fourth-order valence-corrected chi connectivity index (χ4v) is 9.02. The number of amides is 7. The van der Waals surface area contributed by atoms with Gasteiger partial charge in [-0.2, -0.15) is 0 Å². The largest absolute Gasteiger partial charge is 0.346 e. The quantitative estimate of drug-likeness (QED) is 0.169. The van der Waals surface area contributed by atoms with Gasteiger partial charge >= 0.3 is 6.03 Å². The minimum atomic E-state index is -1.02. The molecule has 0 radical (unpaired) electrons. The van der Waals surface area contributed by atoms with Crippen molar-refractivity contribution in [3.8, 4) is 0 Å². The lowest BCUT2D eigenvalue weighted by Gasteiger charge is -2.38. The number of ketones is 1. The van der Waals surface area contributed by atoms with E-state index < -0.39 is 53.2 Å². The summed E-state index contributed by atoms with van der Waals surface area (Å²) >= 11 is 0. The highest BCUT2D eigenvalue weighted by molar-refractivity contribution is 6.38.